The summed E-state index contributed by atoms with van der Waals surface area (Å²) in [7, 11) is 0. The summed E-state index contributed by atoms with van der Waals surface area (Å²) in [5, 5.41) is 14.9. The van der Waals surface area contributed by atoms with Crippen LogP contribution in [0, 0.1) is 0 Å². The maximum Gasteiger partial charge on any atom is 0.151 e. The third kappa shape index (κ3) is 3.15. The van der Waals surface area contributed by atoms with Crippen molar-refractivity contribution in [1.29, 1.82) is 0 Å². The number of fused-ring (bicyclic) bond motifs is 1. The smallest absolute Gasteiger partial charge is 0.151 e. The highest BCUT2D eigenvalue weighted by molar-refractivity contribution is 6.02. The quantitative estimate of drug-likeness (QED) is 0.479. The minimum atomic E-state index is 0.223. The number of anilines is 2. The van der Waals surface area contributed by atoms with Gasteiger partial charge in [0.25, 0.3) is 0 Å². The Morgan fingerprint density at radius 1 is 1.29 bits per heavy atom. The zero-order valence-corrected chi connectivity index (χ0v) is 13.7. The molecule has 0 spiro atoms. The first-order valence-corrected chi connectivity index (χ1v) is 7.88. The molecule has 0 saturated heterocycles. The maximum atomic E-state index is 9.98. The Morgan fingerprint density at radius 3 is 2.92 bits per heavy atom. The molecule has 0 unspecified atom stereocenters. The van der Waals surface area contributed by atoms with Crippen LogP contribution in [0.25, 0.3) is 10.9 Å². The molecule has 7 nitrogen and oxygen atoms in total. The molecule has 0 bridgehead atoms. The zero-order chi connectivity index (χ0) is 16.9. The summed E-state index contributed by atoms with van der Waals surface area (Å²) in [4.78, 5) is 13.7. The van der Waals surface area contributed by atoms with Crippen molar-refractivity contribution in [3.05, 3.63) is 42.4 Å². The fourth-order valence-electron chi connectivity index (χ4n) is 2.59. The van der Waals surface area contributed by atoms with E-state index in [-0.39, 0.29) is 5.75 Å². The molecule has 0 radical (unpaired) electrons. The highest BCUT2D eigenvalue weighted by Crippen LogP contribution is 2.26. The monoisotopic (exact) mass is 324 g/mol. The van der Waals surface area contributed by atoms with Crippen LogP contribution in [-0.4, -0.2) is 39.4 Å². The van der Waals surface area contributed by atoms with E-state index in [0.717, 1.165) is 35.4 Å². The summed E-state index contributed by atoms with van der Waals surface area (Å²) in [5.74, 6) is 1.70. The van der Waals surface area contributed by atoms with E-state index in [2.05, 4.69) is 44.2 Å². The van der Waals surface area contributed by atoms with Crippen LogP contribution in [0.15, 0.2) is 41.9 Å². The van der Waals surface area contributed by atoms with Crippen LogP contribution in [0.3, 0.4) is 0 Å². The van der Waals surface area contributed by atoms with E-state index in [1.54, 1.807) is 24.5 Å². The minimum absolute atomic E-state index is 0.223. The number of aromatic hydroxyl groups is 1. The number of benzene rings is 1. The number of aromatic nitrogens is 3. The van der Waals surface area contributed by atoms with Crippen LogP contribution in [0.4, 0.5) is 11.6 Å². The van der Waals surface area contributed by atoms with Crippen LogP contribution in [0.1, 0.15) is 19.4 Å². The molecule has 3 aromatic rings. The molecule has 0 amide bonds. The Hall–Kier alpha value is -3.09. The molecule has 0 aliphatic heterocycles. The van der Waals surface area contributed by atoms with Gasteiger partial charge in [0.05, 0.1) is 11.6 Å². The van der Waals surface area contributed by atoms with Crippen LogP contribution < -0.4 is 10.3 Å². The number of nitrogens with zero attached hydrogens (tertiary/aromatic N) is 4. The van der Waals surface area contributed by atoms with Gasteiger partial charge in [-0.3, -0.25) is 5.43 Å². The molecular weight excluding hydrogens is 304 g/mol. The molecule has 0 atom stereocenters. The number of hydrazone groups is 1. The van der Waals surface area contributed by atoms with Crippen molar-refractivity contribution in [2.24, 2.45) is 5.10 Å². The van der Waals surface area contributed by atoms with Crippen molar-refractivity contribution >= 4 is 28.8 Å². The SMILES string of the molecule is CCN(CC)c1cc(N/N=C/c2c[nH]c3cccc(O)c23)ncn1. The lowest BCUT2D eigenvalue weighted by Crippen LogP contribution is -2.23. The summed E-state index contributed by atoms with van der Waals surface area (Å²) in [5.41, 5.74) is 4.57. The molecule has 2 heterocycles. The largest absolute Gasteiger partial charge is 0.507 e. The van der Waals surface area contributed by atoms with E-state index >= 15 is 0 Å². The van der Waals surface area contributed by atoms with Crippen LogP contribution >= 0.6 is 0 Å². The number of hydrogen-bond acceptors (Lipinski definition) is 6. The van der Waals surface area contributed by atoms with Crippen LogP contribution in [0.5, 0.6) is 5.75 Å². The second-order valence-electron chi connectivity index (χ2n) is 5.25. The van der Waals surface area contributed by atoms with Crippen molar-refractivity contribution in [2.75, 3.05) is 23.4 Å². The van der Waals surface area contributed by atoms with Crippen LogP contribution in [-0.2, 0) is 0 Å². The highest BCUT2D eigenvalue weighted by Gasteiger charge is 2.06. The Bertz CT molecular complexity index is 853. The van der Waals surface area contributed by atoms with Gasteiger partial charge in [-0.15, -0.1) is 0 Å². The fraction of sp³-hybridized carbons (Fsp3) is 0.235. The predicted octanol–water partition coefficient (Wildman–Crippen LogP) is 2.96. The average Bonchev–Trinajstić information content (AvgIpc) is 3.01. The molecule has 0 aliphatic rings. The number of rotatable bonds is 6. The van der Waals surface area contributed by atoms with Crippen molar-refractivity contribution in [2.45, 2.75) is 13.8 Å². The molecular formula is C17H20N6O. The zero-order valence-electron chi connectivity index (χ0n) is 13.7. The third-order valence-corrected chi connectivity index (χ3v) is 3.84. The lowest BCUT2D eigenvalue weighted by molar-refractivity contribution is 0.481. The van der Waals surface area contributed by atoms with Crippen molar-refractivity contribution in [1.82, 2.24) is 15.0 Å². The topological polar surface area (TPSA) is 89.4 Å². The van der Waals surface area contributed by atoms with Gasteiger partial charge in [0.2, 0.25) is 0 Å². The Balaban J connectivity index is 1.78. The number of nitrogens with one attached hydrogen (secondary N) is 2. The minimum Gasteiger partial charge on any atom is -0.507 e. The van der Waals surface area contributed by atoms with E-state index in [9.17, 15) is 5.11 Å². The fourth-order valence-corrected chi connectivity index (χ4v) is 2.59. The van der Waals surface area contributed by atoms with Crippen molar-refractivity contribution in [3.8, 4) is 5.75 Å². The van der Waals surface area contributed by atoms with Gasteiger partial charge >= 0.3 is 0 Å². The first kappa shape index (κ1) is 15.8. The van der Waals surface area contributed by atoms with E-state index in [1.165, 1.54) is 6.33 Å². The molecule has 0 fully saturated rings. The van der Waals surface area contributed by atoms with Gasteiger partial charge in [0.15, 0.2) is 5.82 Å². The summed E-state index contributed by atoms with van der Waals surface area (Å²) in [6.07, 6.45) is 4.97. The molecule has 24 heavy (non-hydrogen) atoms. The van der Waals surface area contributed by atoms with Gasteiger partial charge in [-0.1, -0.05) is 6.07 Å². The van der Waals surface area contributed by atoms with Gasteiger partial charge < -0.3 is 15.0 Å². The van der Waals surface area contributed by atoms with E-state index in [4.69, 9.17) is 0 Å². The summed E-state index contributed by atoms with van der Waals surface area (Å²) < 4.78 is 0. The molecule has 124 valence electrons. The maximum absolute atomic E-state index is 9.98. The van der Waals surface area contributed by atoms with Crippen molar-refractivity contribution in [3.63, 3.8) is 0 Å². The molecule has 0 saturated carbocycles. The molecule has 1 aromatic carbocycles. The second kappa shape index (κ2) is 6.99. The molecule has 3 N–H and O–H groups in total. The first-order valence-electron chi connectivity index (χ1n) is 7.88. The molecule has 3 rings (SSSR count). The van der Waals surface area contributed by atoms with Crippen LogP contribution in [0.2, 0.25) is 0 Å². The first-order chi connectivity index (χ1) is 11.7. The number of aromatic amines is 1. The van der Waals surface area contributed by atoms with Gasteiger partial charge in [-0.05, 0) is 26.0 Å². The normalized spacial score (nSPS) is 11.2. The summed E-state index contributed by atoms with van der Waals surface area (Å²) in [6.45, 7) is 5.93. The third-order valence-electron chi connectivity index (χ3n) is 3.84. The lowest BCUT2D eigenvalue weighted by Gasteiger charge is -2.19. The molecule has 2 aromatic heterocycles. The van der Waals surface area contributed by atoms with Gasteiger partial charge in [0, 0.05) is 36.4 Å². The Kier molecular flexibility index (Phi) is 4.60. The standard InChI is InChI=1S/C17H20N6O/c1-3-23(4-2)16-8-15(19-11-20-16)22-21-10-12-9-18-13-6-5-7-14(24)17(12)13/h5-11,18,24H,3-4H2,1-2H3,(H,19,20,22)/b21-10+. The average molecular weight is 324 g/mol. The molecule has 7 heteroatoms. The summed E-state index contributed by atoms with van der Waals surface area (Å²) >= 11 is 0. The number of H-pyrrole nitrogens is 1. The van der Waals surface area contributed by atoms with E-state index in [1.807, 2.05) is 12.1 Å². The Morgan fingerprint density at radius 2 is 2.12 bits per heavy atom. The second-order valence-corrected chi connectivity index (χ2v) is 5.25. The number of phenols is 1. The predicted molar refractivity (Wildman–Crippen MR) is 96.8 cm³/mol. The number of phenolic OH excluding ortho intramolecular Hbond substituents is 1. The van der Waals surface area contributed by atoms with E-state index in [0.29, 0.717) is 5.82 Å². The van der Waals surface area contributed by atoms with Gasteiger partial charge in [0.1, 0.15) is 17.9 Å². The lowest BCUT2D eigenvalue weighted by atomic mass is 10.2. The van der Waals surface area contributed by atoms with Crippen molar-refractivity contribution < 1.29 is 5.11 Å². The van der Waals surface area contributed by atoms with E-state index < -0.39 is 0 Å². The Labute approximate surface area is 140 Å². The number of hydrogen-bond donors (Lipinski definition) is 3. The highest BCUT2D eigenvalue weighted by atomic mass is 16.3. The van der Waals surface area contributed by atoms with Gasteiger partial charge in [-0.25, -0.2) is 9.97 Å². The summed E-state index contributed by atoms with van der Waals surface area (Å²) in [6, 6.07) is 7.21. The van der Waals surface area contributed by atoms with Gasteiger partial charge in [-0.2, -0.15) is 5.10 Å². The molecule has 0 aliphatic carbocycles.